The quantitative estimate of drug-likeness (QED) is 0.531. The van der Waals surface area contributed by atoms with Gasteiger partial charge in [-0.1, -0.05) is 6.92 Å². The van der Waals surface area contributed by atoms with Crippen molar-refractivity contribution in [1.29, 1.82) is 0 Å². The summed E-state index contributed by atoms with van der Waals surface area (Å²) in [6, 6.07) is 0. The first-order valence-electron chi connectivity index (χ1n) is 4.40. The Bertz CT molecular complexity index is 159. The van der Waals surface area contributed by atoms with Crippen LogP contribution in [0.15, 0.2) is 0 Å². The number of aliphatic carboxylic acids is 1. The van der Waals surface area contributed by atoms with Gasteiger partial charge in [0.2, 0.25) is 0 Å². The Balaban J connectivity index is 3.68. The van der Waals surface area contributed by atoms with Crippen LogP contribution in [-0.4, -0.2) is 23.3 Å². The molecule has 78 valence electrons. The van der Waals surface area contributed by atoms with Crippen molar-refractivity contribution in [3.05, 3.63) is 0 Å². The smallest absolute Gasteiger partial charge is 0.308 e. The van der Waals surface area contributed by atoms with E-state index >= 15 is 0 Å². The van der Waals surface area contributed by atoms with Gasteiger partial charge in [-0.2, -0.15) is 0 Å². The summed E-state index contributed by atoms with van der Waals surface area (Å²) in [5, 5.41) is 8.67. The molecule has 0 heterocycles. The molecule has 4 nitrogen and oxygen atoms in total. The minimum absolute atomic E-state index is 0.100. The number of carbonyl (C=O) groups is 1. The average Bonchev–Trinajstić information content (AvgIpc) is 1.95. The van der Waals surface area contributed by atoms with E-state index in [1.165, 1.54) is 0 Å². The molecule has 0 bridgehead atoms. The molecular weight excluding hydrogens is 172 g/mol. The Kier molecular flexibility index (Phi) is 4.95. The highest BCUT2D eigenvalue weighted by Gasteiger charge is 2.18. The zero-order chi connectivity index (χ0) is 10.5. The standard InChI is InChI=1S/C9H18O4/c1-5-7(8(10)11)6-12-13-9(2,3)4/h7H,5-6H2,1-4H3,(H,10,11). The molecule has 0 aromatic heterocycles. The lowest BCUT2D eigenvalue weighted by Crippen LogP contribution is -2.24. The number of hydrogen-bond acceptors (Lipinski definition) is 3. The molecule has 0 radical (unpaired) electrons. The van der Waals surface area contributed by atoms with E-state index in [9.17, 15) is 4.79 Å². The lowest BCUT2D eigenvalue weighted by Gasteiger charge is -2.18. The SMILES string of the molecule is CCC(COOC(C)(C)C)C(=O)O. The van der Waals surface area contributed by atoms with Crippen LogP contribution in [-0.2, 0) is 14.6 Å². The van der Waals surface area contributed by atoms with Gasteiger partial charge >= 0.3 is 5.97 Å². The fourth-order valence-electron chi connectivity index (χ4n) is 0.657. The van der Waals surface area contributed by atoms with Crippen LogP contribution in [0.5, 0.6) is 0 Å². The Hall–Kier alpha value is -0.610. The molecule has 0 aliphatic heterocycles. The maximum absolute atomic E-state index is 10.6. The van der Waals surface area contributed by atoms with E-state index in [1.807, 2.05) is 20.8 Å². The molecule has 1 atom stereocenters. The summed E-state index contributed by atoms with van der Waals surface area (Å²) < 4.78 is 0. The molecule has 1 N–H and O–H groups in total. The predicted octanol–water partition coefficient (Wildman–Crippen LogP) is 1.84. The van der Waals surface area contributed by atoms with Gasteiger partial charge in [0.1, 0.15) is 0 Å². The second-order valence-electron chi connectivity index (χ2n) is 3.92. The fraction of sp³-hybridized carbons (Fsp3) is 0.889. The maximum atomic E-state index is 10.6. The molecule has 0 aliphatic carbocycles. The van der Waals surface area contributed by atoms with Gasteiger partial charge in [0.15, 0.2) is 0 Å². The fourth-order valence-corrected chi connectivity index (χ4v) is 0.657. The van der Waals surface area contributed by atoms with Gasteiger partial charge in [-0.15, -0.1) is 0 Å². The van der Waals surface area contributed by atoms with Crippen LogP contribution in [0, 0.1) is 5.92 Å². The molecular formula is C9H18O4. The zero-order valence-corrected chi connectivity index (χ0v) is 8.66. The second kappa shape index (κ2) is 5.19. The normalized spacial score (nSPS) is 14.2. The molecule has 0 aromatic rings. The monoisotopic (exact) mass is 190 g/mol. The molecule has 0 amide bonds. The summed E-state index contributed by atoms with van der Waals surface area (Å²) in [6.07, 6.45) is 0.544. The third-order valence-electron chi connectivity index (χ3n) is 1.42. The largest absolute Gasteiger partial charge is 0.481 e. The van der Waals surface area contributed by atoms with Crippen molar-refractivity contribution in [3.63, 3.8) is 0 Å². The summed E-state index contributed by atoms with van der Waals surface area (Å²) in [4.78, 5) is 20.3. The molecule has 4 heteroatoms. The second-order valence-corrected chi connectivity index (χ2v) is 3.92. The van der Waals surface area contributed by atoms with Crippen molar-refractivity contribution in [2.24, 2.45) is 5.92 Å². The number of carboxylic acid groups (broad SMARTS) is 1. The van der Waals surface area contributed by atoms with Crippen LogP contribution >= 0.6 is 0 Å². The third kappa shape index (κ3) is 6.54. The first kappa shape index (κ1) is 12.4. The molecule has 0 fully saturated rings. The van der Waals surface area contributed by atoms with Gasteiger partial charge < -0.3 is 5.11 Å². The summed E-state index contributed by atoms with van der Waals surface area (Å²) >= 11 is 0. The highest BCUT2D eigenvalue weighted by molar-refractivity contribution is 5.69. The third-order valence-corrected chi connectivity index (χ3v) is 1.42. The van der Waals surface area contributed by atoms with Crippen molar-refractivity contribution in [2.75, 3.05) is 6.61 Å². The molecule has 13 heavy (non-hydrogen) atoms. The lowest BCUT2D eigenvalue weighted by molar-refractivity contribution is -0.352. The van der Waals surface area contributed by atoms with E-state index in [-0.39, 0.29) is 6.61 Å². The molecule has 0 saturated carbocycles. The minimum atomic E-state index is -0.847. The summed E-state index contributed by atoms with van der Waals surface area (Å²) in [7, 11) is 0. The van der Waals surface area contributed by atoms with Crippen LogP contribution in [0.2, 0.25) is 0 Å². The van der Waals surface area contributed by atoms with Gasteiger partial charge in [-0.05, 0) is 27.2 Å². The van der Waals surface area contributed by atoms with E-state index in [0.717, 1.165) is 0 Å². The van der Waals surface area contributed by atoms with E-state index in [1.54, 1.807) is 6.92 Å². The van der Waals surface area contributed by atoms with Crippen LogP contribution in [0.25, 0.3) is 0 Å². The van der Waals surface area contributed by atoms with Crippen molar-refractivity contribution < 1.29 is 19.7 Å². The van der Waals surface area contributed by atoms with Gasteiger partial charge in [0.05, 0.1) is 18.1 Å². The lowest BCUT2D eigenvalue weighted by atomic mass is 10.1. The van der Waals surface area contributed by atoms with Crippen LogP contribution in [0.4, 0.5) is 0 Å². The van der Waals surface area contributed by atoms with E-state index in [2.05, 4.69) is 0 Å². The van der Waals surface area contributed by atoms with Crippen LogP contribution in [0.3, 0.4) is 0 Å². The van der Waals surface area contributed by atoms with Crippen molar-refractivity contribution in [2.45, 2.75) is 39.7 Å². The van der Waals surface area contributed by atoms with Gasteiger partial charge in [0, 0.05) is 0 Å². The topological polar surface area (TPSA) is 55.8 Å². The molecule has 0 rings (SSSR count). The molecule has 0 aliphatic rings. The van der Waals surface area contributed by atoms with Crippen LogP contribution < -0.4 is 0 Å². The molecule has 0 saturated heterocycles. The molecule has 0 aromatic carbocycles. The number of rotatable bonds is 5. The molecule has 0 spiro atoms. The van der Waals surface area contributed by atoms with Crippen molar-refractivity contribution in [1.82, 2.24) is 0 Å². The number of carboxylic acids is 1. The number of hydrogen-bond donors (Lipinski definition) is 1. The van der Waals surface area contributed by atoms with E-state index < -0.39 is 17.5 Å². The van der Waals surface area contributed by atoms with Gasteiger partial charge in [-0.25, -0.2) is 9.78 Å². The average molecular weight is 190 g/mol. The predicted molar refractivity (Wildman–Crippen MR) is 48.2 cm³/mol. The summed E-state index contributed by atoms with van der Waals surface area (Å²) in [6.45, 7) is 7.43. The summed E-state index contributed by atoms with van der Waals surface area (Å²) in [5.74, 6) is -1.33. The van der Waals surface area contributed by atoms with E-state index in [4.69, 9.17) is 14.9 Å². The zero-order valence-electron chi connectivity index (χ0n) is 8.66. The highest BCUT2D eigenvalue weighted by atomic mass is 17.2. The van der Waals surface area contributed by atoms with Crippen molar-refractivity contribution >= 4 is 5.97 Å². The minimum Gasteiger partial charge on any atom is -0.481 e. The maximum Gasteiger partial charge on any atom is 0.308 e. The van der Waals surface area contributed by atoms with Gasteiger partial charge in [-0.3, -0.25) is 4.79 Å². The van der Waals surface area contributed by atoms with Crippen LogP contribution in [0.1, 0.15) is 34.1 Å². The Morgan fingerprint density at radius 1 is 1.46 bits per heavy atom. The van der Waals surface area contributed by atoms with Crippen molar-refractivity contribution in [3.8, 4) is 0 Å². The Labute approximate surface area is 78.8 Å². The molecule has 1 unspecified atom stereocenters. The Morgan fingerprint density at radius 2 is 2.00 bits per heavy atom. The first-order chi connectivity index (χ1) is 5.87. The highest BCUT2D eigenvalue weighted by Crippen LogP contribution is 2.10. The summed E-state index contributed by atoms with van der Waals surface area (Å²) in [5.41, 5.74) is -0.392. The van der Waals surface area contributed by atoms with Gasteiger partial charge in [0.25, 0.3) is 0 Å². The Morgan fingerprint density at radius 3 is 2.31 bits per heavy atom. The van der Waals surface area contributed by atoms with E-state index in [0.29, 0.717) is 6.42 Å². The first-order valence-corrected chi connectivity index (χ1v) is 4.40.